The maximum Gasteiger partial charge on any atom is -0.00903 e. The van der Waals surface area contributed by atoms with Crippen molar-refractivity contribution in [3.05, 3.63) is 47.5 Å². The molecule has 0 radical (unpaired) electrons. The molecular formula is C14H18. The Morgan fingerprint density at radius 3 is 2.71 bits per heavy atom. The average molecular weight is 186 g/mol. The molecule has 0 heteroatoms. The minimum atomic E-state index is 0.805. The van der Waals surface area contributed by atoms with Crippen LogP contribution in [0.5, 0.6) is 0 Å². The second kappa shape index (κ2) is 4.00. The number of hydrogen-bond donors (Lipinski definition) is 0. The van der Waals surface area contributed by atoms with Gasteiger partial charge in [-0.1, -0.05) is 48.9 Å². The van der Waals surface area contributed by atoms with Crippen LogP contribution in [0.25, 0.3) is 0 Å². The van der Waals surface area contributed by atoms with E-state index in [1.54, 1.807) is 5.57 Å². The Kier molecular flexibility index (Phi) is 2.72. The van der Waals surface area contributed by atoms with Crippen molar-refractivity contribution >= 4 is 0 Å². The lowest BCUT2D eigenvalue weighted by Gasteiger charge is -2.00. The van der Waals surface area contributed by atoms with Crippen molar-refractivity contribution in [2.24, 2.45) is 5.92 Å². The van der Waals surface area contributed by atoms with E-state index in [0.29, 0.717) is 0 Å². The summed E-state index contributed by atoms with van der Waals surface area (Å²) in [4.78, 5) is 0. The molecule has 0 spiro atoms. The van der Waals surface area contributed by atoms with Crippen molar-refractivity contribution in [1.29, 1.82) is 0 Å². The fraction of sp³-hybridized carbons (Fsp3) is 0.429. The molecule has 1 aliphatic carbocycles. The third-order valence-electron chi connectivity index (χ3n) is 3.13. The zero-order chi connectivity index (χ0) is 9.97. The van der Waals surface area contributed by atoms with Crippen molar-refractivity contribution in [2.45, 2.75) is 32.6 Å². The van der Waals surface area contributed by atoms with Crippen molar-refractivity contribution in [1.82, 2.24) is 0 Å². The Hall–Kier alpha value is -1.04. The maximum absolute atomic E-state index is 2.37. The molecule has 0 aromatic heterocycles. The molecule has 0 aliphatic heterocycles. The van der Waals surface area contributed by atoms with Gasteiger partial charge in [0.15, 0.2) is 0 Å². The van der Waals surface area contributed by atoms with Crippen LogP contribution in [0.1, 0.15) is 38.2 Å². The molecule has 1 fully saturated rings. The van der Waals surface area contributed by atoms with E-state index in [9.17, 15) is 0 Å². The zero-order valence-corrected chi connectivity index (χ0v) is 9.03. The summed E-state index contributed by atoms with van der Waals surface area (Å²) < 4.78 is 0. The first-order valence-electron chi connectivity index (χ1n) is 5.54. The summed E-state index contributed by atoms with van der Waals surface area (Å²) in [6.45, 7) is 4.49. The molecule has 0 N–H and O–H groups in total. The lowest BCUT2D eigenvalue weighted by Crippen LogP contribution is -1.84. The molecular weight excluding hydrogens is 168 g/mol. The molecule has 0 bridgehead atoms. The molecule has 1 aromatic rings. The van der Waals surface area contributed by atoms with Gasteiger partial charge in [-0.05, 0) is 37.2 Å². The van der Waals surface area contributed by atoms with Gasteiger partial charge in [-0.15, -0.1) is 0 Å². The number of hydrogen-bond acceptors (Lipinski definition) is 0. The van der Waals surface area contributed by atoms with E-state index in [1.807, 2.05) is 0 Å². The van der Waals surface area contributed by atoms with E-state index in [2.05, 4.69) is 50.3 Å². The van der Waals surface area contributed by atoms with Gasteiger partial charge in [-0.2, -0.15) is 0 Å². The van der Waals surface area contributed by atoms with Gasteiger partial charge in [0.25, 0.3) is 0 Å². The third kappa shape index (κ3) is 1.89. The van der Waals surface area contributed by atoms with Crippen LogP contribution in [0.4, 0.5) is 0 Å². The zero-order valence-electron chi connectivity index (χ0n) is 9.03. The fourth-order valence-corrected chi connectivity index (χ4v) is 2.24. The normalized spacial score (nSPS) is 26.3. The summed E-state index contributed by atoms with van der Waals surface area (Å²) in [5.41, 5.74) is 3.10. The van der Waals surface area contributed by atoms with E-state index < -0.39 is 0 Å². The van der Waals surface area contributed by atoms with E-state index >= 15 is 0 Å². The fourth-order valence-electron chi connectivity index (χ4n) is 2.24. The van der Waals surface area contributed by atoms with Crippen molar-refractivity contribution < 1.29 is 0 Å². The summed E-state index contributed by atoms with van der Waals surface area (Å²) in [7, 11) is 0. The summed E-state index contributed by atoms with van der Waals surface area (Å²) in [6, 6.07) is 10.9. The highest BCUT2D eigenvalue weighted by Gasteiger charge is 2.38. The minimum Gasteiger partial charge on any atom is -0.0856 e. The van der Waals surface area contributed by atoms with Crippen LogP contribution in [0, 0.1) is 5.92 Å². The molecule has 74 valence electrons. The van der Waals surface area contributed by atoms with E-state index in [-0.39, 0.29) is 0 Å². The van der Waals surface area contributed by atoms with Gasteiger partial charge in [0.2, 0.25) is 0 Å². The van der Waals surface area contributed by atoms with Crippen LogP contribution in [0.3, 0.4) is 0 Å². The molecule has 1 saturated carbocycles. The summed E-state index contributed by atoms with van der Waals surface area (Å²) in [5.74, 6) is 1.64. The van der Waals surface area contributed by atoms with Gasteiger partial charge in [0.05, 0.1) is 0 Å². The second-order valence-electron chi connectivity index (χ2n) is 4.22. The Labute approximate surface area is 86.7 Å². The minimum absolute atomic E-state index is 0.805. The largest absolute Gasteiger partial charge is 0.0856 e. The Morgan fingerprint density at radius 2 is 2.07 bits per heavy atom. The standard InChI is InChI=1S/C14H18/c1-3-7-11(2)13-10-14(13)12-8-5-4-6-9-12/h4-9,13-14H,3,10H2,1-2H3/b11-7+/t13-,14-/m1/s1. The smallest absolute Gasteiger partial charge is 0.00903 e. The lowest BCUT2D eigenvalue weighted by molar-refractivity contribution is 0.924. The Balaban J connectivity index is 2.03. The maximum atomic E-state index is 2.37. The van der Waals surface area contributed by atoms with Gasteiger partial charge in [-0.3, -0.25) is 0 Å². The van der Waals surface area contributed by atoms with Crippen LogP contribution < -0.4 is 0 Å². The van der Waals surface area contributed by atoms with Crippen LogP contribution in [0.15, 0.2) is 42.0 Å². The van der Waals surface area contributed by atoms with Gasteiger partial charge >= 0.3 is 0 Å². The first kappa shape index (κ1) is 9.51. The van der Waals surface area contributed by atoms with E-state index in [0.717, 1.165) is 11.8 Å². The number of rotatable bonds is 3. The van der Waals surface area contributed by atoms with Crippen molar-refractivity contribution in [3.63, 3.8) is 0 Å². The first-order valence-corrected chi connectivity index (χ1v) is 5.54. The van der Waals surface area contributed by atoms with Crippen molar-refractivity contribution in [2.75, 3.05) is 0 Å². The molecule has 0 amide bonds. The summed E-state index contributed by atoms with van der Waals surface area (Å²) in [6.07, 6.45) is 4.89. The second-order valence-corrected chi connectivity index (χ2v) is 4.22. The third-order valence-corrected chi connectivity index (χ3v) is 3.13. The van der Waals surface area contributed by atoms with Gasteiger partial charge < -0.3 is 0 Å². The summed E-state index contributed by atoms with van der Waals surface area (Å²) in [5, 5.41) is 0. The van der Waals surface area contributed by atoms with Crippen LogP contribution in [-0.4, -0.2) is 0 Å². The molecule has 0 nitrogen and oxygen atoms in total. The van der Waals surface area contributed by atoms with Crippen LogP contribution >= 0.6 is 0 Å². The number of allylic oxidation sites excluding steroid dienone is 2. The van der Waals surface area contributed by atoms with E-state index in [1.165, 1.54) is 18.4 Å². The highest BCUT2D eigenvalue weighted by Crippen LogP contribution is 2.51. The lowest BCUT2D eigenvalue weighted by atomic mass is 10.1. The molecule has 1 aliphatic rings. The van der Waals surface area contributed by atoms with Crippen LogP contribution in [-0.2, 0) is 0 Å². The molecule has 14 heavy (non-hydrogen) atoms. The molecule has 2 atom stereocenters. The Morgan fingerprint density at radius 1 is 1.36 bits per heavy atom. The van der Waals surface area contributed by atoms with Crippen molar-refractivity contribution in [3.8, 4) is 0 Å². The summed E-state index contributed by atoms with van der Waals surface area (Å²) >= 11 is 0. The van der Waals surface area contributed by atoms with Gasteiger partial charge in [-0.25, -0.2) is 0 Å². The Bertz CT molecular complexity index is 321. The van der Waals surface area contributed by atoms with E-state index in [4.69, 9.17) is 0 Å². The molecule has 0 heterocycles. The average Bonchev–Trinajstić information content (AvgIpc) is 2.99. The molecule has 2 rings (SSSR count). The molecule has 0 saturated heterocycles. The predicted molar refractivity (Wildman–Crippen MR) is 61.3 cm³/mol. The SMILES string of the molecule is CC/C=C(\C)[C@H]1C[C@@H]1c1ccccc1. The number of benzene rings is 1. The predicted octanol–water partition coefficient (Wildman–Crippen LogP) is 4.15. The molecule has 1 aromatic carbocycles. The molecule has 0 unspecified atom stereocenters. The quantitative estimate of drug-likeness (QED) is 0.622. The topological polar surface area (TPSA) is 0 Å². The van der Waals surface area contributed by atoms with Crippen LogP contribution in [0.2, 0.25) is 0 Å². The first-order chi connectivity index (χ1) is 6.83. The van der Waals surface area contributed by atoms with Gasteiger partial charge in [0.1, 0.15) is 0 Å². The van der Waals surface area contributed by atoms with Gasteiger partial charge in [0, 0.05) is 0 Å². The monoisotopic (exact) mass is 186 g/mol. The highest BCUT2D eigenvalue weighted by molar-refractivity contribution is 5.30. The highest BCUT2D eigenvalue weighted by atomic mass is 14.4.